The molecule has 0 aliphatic heterocycles. The second-order valence-electron chi connectivity index (χ2n) is 4.98. The first-order valence-corrected chi connectivity index (χ1v) is 6.93. The normalized spacial score (nSPS) is 10.8. The van der Waals surface area contributed by atoms with Gasteiger partial charge in [0.2, 0.25) is 0 Å². The molecule has 22 heavy (non-hydrogen) atoms. The fourth-order valence-electron chi connectivity index (χ4n) is 2.29. The van der Waals surface area contributed by atoms with Crippen molar-refractivity contribution in [3.63, 3.8) is 0 Å². The van der Waals surface area contributed by atoms with Gasteiger partial charge in [0, 0.05) is 0 Å². The monoisotopic (exact) mass is 295 g/mol. The lowest BCUT2D eigenvalue weighted by molar-refractivity contribution is 0.282. The highest BCUT2D eigenvalue weighted by atomic mass is 16.3. The molecule has 3 rings (SSSR count). The molecule has 0 unspecified atom stereocenters. The van der Waals surface area contributed by atoms with Gasteiger partial charge in [0.15, 0.2) is 11.3 Å². The molecule has 1 aromatic heterocycles. The van der Waals surface area contributed by atoms with Crippen LogP contribution >= 0.6 is 0 Å². The molecule has 0 spiro atoms. The van der Waals surface area contributed by atoms with E-state index in [1.54, 1.807) is 16.8 Å². The maximum absolute atomic E-state index is 9.22. The summed E-state index contributed by atoms with van der Waals surface area (Å²) in [6, 6.07) is 15.3. The molecular formula is C16H17N5O. The molecule has 0 amide bonds. The Balaban J connectivity index is 2.03. The number of nitrogens with one attached hydrogen (secondary N) is 2. The second-order valence-corrected chi connectivity index (χ2v) is 4.98. The summed E-state index contributed by atoms with van der Waals surface area (Å²) < 4.78 is 1.62. The number of aliphatic hydroxyl groups excluding tert-OH is 1. The van der Waals surface area contributed by atoms with Gasteiger partial charge in [0.05, 0.1) is 24.2 Å². The minimum absolute atomic E-state index is 0.0579. The quantitative estimate of drug-likeness (QED) is 0.583. The third-order valence-corrected chi connectivity index (χ3v) is 3.45. The Morgan fingerprint density at radius 1 is 1.14 bits per heavy atom. The van der Waals surface area contributed by atoms with Crippen LogP contribution in [0.4, 0.5) is 5.82 Å². The molecule has 0 saturated heterocycles. The van der Waals surface area contributed by atoms with E-state index in [9.17, 15) is 5.11 Å². The van der Waals surface area contributed by atoms with E-state index < -0.39 is 0 Å². The van der Waals surface area contributed by atoms with E-state index in [1.165, 1.54) is 0 Å². The molecule has 5 N–H and O–H groups in total. The van der Waals surface area contributed by atoms with E-state index in [1.807, 2.05) is 36.4 Å². The Hall–Kier alpha value is -2.86. The highest BCUT2D eigenvalue weighted by molar-refractivity contribution is 5.77. The lowest BCUT2D eigenvalue weighted by atomic mass is 10.2. The molecular weight excluding hydrogens is 278 g/mol. The average Bonchev–Trinajstić information content (AvgIpc) is 2.56. The molecule has 0 aliphatic carbocycles. The van der Waals surface area contributed by atoms with E-state index in [0.29, 0.717) is 12.1 Å². The lowest BCUT2D eigenvalue weighted by Gasteiger charge is -2.15. The van der Waals surface area contributed by atoms with Gasteiger partial charge in [-0.25, -0.2) is 9.66 Å². The summed E-state index contributed by atoms with van der Waals surface area (Å²) in [7, 11) is 0. The summed E-state index contributed by atoms with van der Waals surface area (Å²) in [5, 5.41) is 17.3. The van der Waals surface area contributed by atoms with Gasteiger partial charge in [-0.15, -0.1) is 0 Å². The Morgan fingerprint density at radius 3 is 2.64 bits per heavy atom. The fraction of sp³-hybridized carbons (Fsp3) is 0.125. The molecule has 0 radical (unpaired) electrons. The van der Waals surface area contributed by atoms with Crippen molar-refractivity contribution in [3.05, 3.63) is 65.1 Å². The van der Waals surface area contributed by atoms with Gasteiger partial charge in [0.25, 0.3) is 0 Å². The molecule has 2 aromatic carbocycles. The summed E-state index contributed by atoms with van der Waals surface area (Å²) in [4.78, 5) is 4.22. The standard InChI is InChI=1S/C16H17N5O/c17-15-16(18)21(19-9-11-4-2-1-3-5-11)14-7-6-12(10-22)8-13(14)20-15/h1-8,18-19,22H,9-10H2,(H2,17,20). The van der Waals surface area contributed by atoms with Crippen molar-refractivity contribution in [2.45, 2.75) is 13.2 Å². The van der Waals surface area contributed by atoms with Crippen molar-refractivity contribution in [2.75, 3.05) is 11.2 Å². The Bertz CT molecular complexity index is 858. The third-order valence-electron chi connectivity index (χ3n) is 3.45. The molecule has 112 valence electrons. The summed E-state index contributed by atoms with van der Waals surface area (Å²) in [5.74, 6) is 0.142. The van der Waals surface area contributed by atoms with E-state index >= 15 is 0 Å². The Labute approximate surface area is 127 Å². The van der Waals surface area contributed by atoms with Crippen molar-refractivity contribution < 1.29 is 5.11 Å². The van der Waals surface area contributed by atoms with Crippen LogP contribution in [0.25, 0.3) is 11.0 Å². The summed E-state index contributed by atoms with van der Waals surface area (Å²) in [5.41, 5.74) is 12.4. The summed E-state index contributed by atoms with van der Waals surface area (Å²) in [6.07, 6.45) is 0. The molecule has 3 aromatic rings. The lowest BCUT2D eigenvalue weighted by Crippen LogP contribution is -2.31. The van der Waals surface area contributed by atoms with Crippen LogP contribution in [0.5, 0.6) is 0 Å². The van der Waals surface area contributed by atoms with E-state index in [-0.39, 0.29) is 17.9 Å². The van der Waals surface area contributed by atoms with Gasteiger partial charge >= 0.3 is 0 Å². The van der Waals surface area contributed by atoms with Crippen LogP contribution in [0.3, 0.4) is 0 Å². The zero-order valence-corrected chi connectivity index (χ0v) is 12.0. The minimum Gasteiger partial charge on any atom is -0.392 e. The first kappa shape index (κ1) is 14.1. The number of nitrogens with two attached hydrogens (primary N) is 1. The maximum Gasteiger partial charge on any atom is 0.187 e. The number of nitrogen functional groups attached to an aromatic ring is 1. The average molecular weight is 295 g/mol. The number of aliphatic hydroxyl groups is 1. The smallest absolute Gasteiger partial charge is 0.187 e. The number of nitrogens with zero attached hydrogens (tertiary/aromatic N) is 2. The zero-order valence-electron chi connectivity index (χ0n) is 12.0. The van der Waals surface area contributed by atoms with Crippen molar-refractivity contribution in [1.29, 1.82) is 5.41 Å². The van der Waals surface area contributed by atoms with Crippen LogP contribution in [-0.4, -0.2) is 14.8 Å². The van der Waals surface area contributed by atoms with E-state index in [2.05, 4.69) is 10.4 Å². The Morgan fingerprint density at radius 2 is 1.91 bits per heavy atom. The SMILES string of the molecule is N=c1c(N)nc2cc(CO)ccc2n1NCc1ccccc1. The molecule has 0 bridgehead atoms. The van der Waals surface area contributed by atoms with E-state index in [4.69, 9.17) is 11.1 Å². The number of aromatic nitrogens is 2. The number of anilines is 1. The van der Waals surface area contributed by atoms with Crippen LogP contribution in [0.1, 0.15) is 11.1 Å². The van der Waals surface area contributed by atoms with Crippen molar-refractivity contribution in [2.24, 2.45) is 0 Å². The van der Waals surface area contributed by atoms with Gasteiger partial charge in [0.1, 0.15) is 0 Å². The first-order valence-electron chi connectivity index (χ1n) is 6.93. The predicted molar refractivity (Wildman–Crippen MR) is 85.4 cm³/mol. The van der Waals surface area contributed by atoms with Crippen molar-refractivity contribution >= 4 is 16.9 Å². The number of hydrogen-bond acceptors (Lipinski definition) is 5. The van der Waals surface area contributed by atoms with E-state index in [0.717, 1.165) is 16.6 Å². The summed E-state index contributed by atoms with van der Waals surface area (Å²) in [6.45, 7) is 0.509. The van der Waals surface area contributed by atoms with Crippen LogP contribution in [0.2, 0.25) is 0 Å². The first-order chi connectivity index (χ1) is 10.7. The molecule has 0 atom stereocenters. The minimum atomic E-state index is -0.0579. The van der Waals surface area contributed by atoms with Gasteiger partial charge in [-0.1, -0.05) is 36.4 Å². The number of fused-ring (bicyclic) bond motifs is 1. The van der Waals surface area contributed by atoms with Crippen LogP contribution in [0.15, 0.2) is 48.5 Å². The number of benzene rings is 2. The fourth-order valence-corrected chi connectivity index (χ4v) is 2.29. The number of rotatable bonds is 4. The van der Waals surface area contributed by atoms with Gasteiger partial charge < -0.3 is 16.3 Å². The maximum atomic E-state index is 9.22. The van der Waals surface area contributed by atoms with Gasteiger partial charge in [-0.3, -0.25) is 5.41 Å². The topological polar surface area (TPSA) is 100.0 Å². The molecule has 6 nitrogen and oxygen atoms in total. The highest BCUT2D eigenvalue weighted by Crippen LogP contribution is 2.13. The number of hydrogen-bond donors (Lipinski definition) is 4. The van der Waals surface area contributed by atoms with Crippen molar-refractivity contribution in [1.82, 2.24) is 9.66 Å². The summed E-state index contributed by atoms with van der Waals surface area (Å²) >= 11 is 0. The van der Waals surface area contributed by atoms with Crippen LogP contribution in [0, 0.1) is 5.41 Å². The molecule has 0 aliphatic rings. The van der Waals surface area contributed by atoms with Crippen molar-refractivity contribution in [3.8, 4) is 0 Å². The van der Waals surface area contributed by atoms with Crippen LogP contribution < -0.4 is 16.6 Å². The van der Waals surface area contributed by atoms with Crippen LogP contribution in [-0.2, 0) is 13.2 Å². The third kappa shape index (κ3) is 2.64. The molecule has 0 saturated carbocycles. The van der Waals surface area contributed by atoms with Gasteiger partial charge in [-0.2, -0.15) is 0 Å². The largest absolute Gasteiger partial charge is 0.392 e. The highest BCUT2D eigenvalue weighted by Gasteiger charge is 2.07. The molecule has 0 fully saturated rings. The predicted octanol–water partition coefficient (Wildman–Crippen LogP) is 1.33. The Kier molecular flexibility index (Phi) is 3.76. The zero-order chi connectivity index (χ0) is 15.5. The second kappa shape index (κ2) is 5.87. The molecule has 1 heterocycles. The van der Waals surface area contributed by atoms with Gasteiger partial charge in [-0.05, 0) is 23.3 Å². The molecule has 6 heteroatoms.